The molecule has 1 atom stereocenters. The summed E-state index contributed by atoms with van der Waals surface area (Å²) in [6.45, 7) is 4.18. The minimum absolute atomic E-state index is 0.0646. The van der Waals surface area contributed by atoms with Crippen molar-refractivity contribution in [2.24, 2.45) is 5.92 Å². The van der Waals surface area contributed by atoms with Crippen LogP contribution in [-0.4, -0.2) is 48.0 Å². The predicted molar refractivity (Wildman–Crippen MR) is 117 cm³/mol. The zero-order valence-electron chi connectivity index (χ0n) is 18.5. The van der Waals surface area contributed by atoms with E-state index in [-0.39, 0.29) is 36.2 Å². The summed E-state index contributed by atoms with van der Waals surface area (Å²) in [6, 6.07) is 6.82. The van der Waals surface area contributed by atoms with Crippen LogP contribution < -0.4 is 25.6 Å². The second kappa shape index (κ2) is 8.80. The first-order valence-electron chi connectivity index (χ1n) is 11.4. The standard InChI is InChI=1S/C23H30N4O5/c1-3-15(4-2)24-19(28)18-13-27(16-7-5-6-8-17(16)32-18)20(29)14-9-11-23(12-10-14)21(30)25-22(31)26-23/h5-8,14-15,18H,3-4,9-13H2,1-2H3,(H,24,28)(H2,25,26,30,31). The lowest BCUT2D eigenvalue weighted by molar-refractivity contribution is -0.131. The van der Waals surface area contributed by atoms with Crippen molar-refractivity contribution >= 4 is 29.4 Å². The molecule has 172 valence electrons. The van der Waals surface area contributed by atoms with Gasteiger partial charge in [0.2, 0.25) is 5.91 Å². The number of fused-ring (bicyclic) bond motifs is 1. The van der Waals surface area contributed by atoms with E-state index in [1.165, 1.54) is 0 Å². The van der Waals surface area contributed by atoms with Crippen LogP contribution in [0.15, 0.2) is 24.3 Å². The smallest absolute Gasteiger partial charge is 0.322 e. The Morgan fingerprint density at radius 2 is 1.88 bits per heavy atom. The second-order valence-electron chi connectivity index (χ2n) is 8.81. The highest BCUT2D eigenvalue weighted by Gasteiger charge is 2.49. The number of ether oxygens (including phenoxy) is 1. The lowest BCUT2D eigenvalue weighted by atomic mass is 9.76. The van der Waals surface area contributed by atoms with Crippen LogP contribution in [0.2, 0.25) is 0 Å². The third kappa shape index (κ3) is 4.03. The molecule has 2 aliphatic heterocycles. The fourth-order valence-corrected chi connectivity index (χ4v) is 4.82. The topological polar surface area (TPSA) is 117 Å². The van der Waals surface area contributed by atoms with E-state index in [9.17, 15) is 19.2 Å². The van der Waals surface area contributed by atoms with Gasteiger partial charge in [-0.3, -0.25) is 19.7 Å². The van der Waals surface area contributed by atoms with Crippen LogP contribution >= 0.6 is 0 Å². The third-order valence-corrected chi connectivity index (χ3v) is 6.87. The van der Waals surface area contributed by atoms with E-state index < -0.39 is 17.7 Å². The molecule has 0 bridgehead atoms. The number of imide groups is 1. The quantitative estimate of drug-likeness (QED) is 0.602. The predicted octanol–water partition coefficient (Wildman–Crippen LogP) is 1.85. The largest absolute Gasteiger partial charge is 0.477 e. The highest BCUT2D eigenvalue weighted by molar-refractivity contribution is 6.07. The number of para-hydroxylation sites is 2. The van der Waals surface area contributed by atoms with Crippen molar-refractivity contribution in [2.75, 3.05) is 11.4 Å². The van der Waals surface area contributed by atoms with Gasteiger partial charge in [-0.05, 0) is 50.7 Å². The highest BCUT2D eigenvalue weighted by Crippen LogP contribution is 2.39. The van der Waals surface area contributed by atoms with E-state index in [2.05, 4.69) is 16.0 Å². The molecule has 9 heteroatoms. The molecule has 1 spiro atoms. The van der Waals surface area contributed by atoms with Crippen molar-refractivity contribution in [2.45, 2.75) is 70.1 Å². The van der Waals surface area contributed by atoms with Gasteiger partial charge in [0.1, 0.15) is 11.3 Å². The van der Waals surface area contributed by atoms with Crippen molar-refractivity contribution in [3.05, 3.63) is 24.3 Å². The number of anilines is 1. The summed E-state index contributed by atoms with van der Waals surface area (Å²) in [5, 5.41) is 8.03. The average Bonchev–Trinajstić information content (AvgIpc) is 3.08. The molecule has 2 fully saturated rings. The monoisotopic (exact) mass is 442 g/mol. The number of benzene rings is 1. The molecular weight excluding hydrogens is 412 g/mol. The molecule has 1 saturated carbocycles. The second-order valence-corrected chi connectivity index (χ2v) is 8.81. The Morgan fingerprint density at radius 3 is 2.50 bits per heavy atom. The molecule has 3 N–H and O–H groups in total. The van der Waals surface area contributed by atoms with Crippen LogP contribution in [0.1, 0.15) is 52.4 Å². The molecule has 0 aromatic heterocycles. The van der Waals surface area contributed by atoms with Crippen LogP contribution in [0.25, 0.3) is 0 Å². The van der Waals surface area contributed by atoms with E-state index >= 15 is 0 Å². The van der Waals surface area contributed by atoms with E-state index in [4.69, 9.17) is 4.74 Å². The van der Waals surface area contributed by atoms with Crippen LogP contribution in [0.5, 0.6) is 5.75 Å². The van der Waals surface area contributed by atoms with Gasteiger partial charge in [0, 0.05) is 12.0 Å². The summed E-state index contributed by atoms with van der Waals surface area (Å²) in [6.07, 6.45) is 2.64. The van der Waals surface area contributed by atoms with Gasteiger partial charge in [-0.2, -0.15) is 0 Å². The van der Waals surface area contributed by atoms with Gasteiger partial charge in [0.05, 0.1) is 12.2 Å². The van der Waals surface area contributed by atoms with Gasteiger partial charge in [-0.1, -0.05) is 26.0 Å². The molecule has 4 rings (SSSR count). The number of hydrogen-bond acceptors (Lipinski definition) is 5. The first kappa shape index (κ1) is 22.1. The highest BCUT2D eigenvalue weighted by atomic mass is 16.5. The molecule has 32 heavy (non-hydrogen) atoms. The zero-order chi connectivity index (χ0) is 22.9. The Labute approximate surface area is 187 Å². The third-order valence-electron chi connectivity index (χ3n) is 6.87. The van der Waals surface area contributed by atoms with Crippen molar-refractivity contribution in [3.63, 3.8) is 0 Å². The number of carbonyl (C=O) groups is 4. The number of urea groups is 1. The lowest BCUT2D eigenvalue weighted by Gasteiger charge is -2.39. The number of amides is 5. The summed E-state index contributed by atoms with van der Waals surface area (Å²) in [5.74, 6) is -0.408. The van der Waals surface area contributed by atoms with Gasteiger partial charge < -0.3 is 20.3 Å². The van der Waals surface area contributed by atoms with Gasteiger partial charge in [0.25, 0.3) is 11.8 Å². The summed E-state index contributed by atoms with van der Waals surface area (Å²) >= 11 is 0. The van der Waals surface area contributed by atoms with Crippen molar-refractivity contribution in [1.29, 1.82) is 0 Å². The van der Waals surface area contributed by atoms with Crippen molar-refractivity contribution < 1.29 is 23.9 Å². The average molecular weight is 443 g/mol. The minimum Gasteiger partial charge on any atom is -0.477 e. The maximum absolute atomic E-state index is 13.5. The zero-order valence-corrected chi connectivity index (χ0v) is 18.5. The summed E-state index contributed by atoms with van der Waals surface area (Å²) in [7, 11) is 0. The van der Waals surface area contributed by atoms with Crippen molar-refractivity contribution in [3.8, 4) is 5.75 Å². The number of hydrogen-bond donors (Lipinski definition) is 3. The van der Waals surface area contributed by atoms with E-state index in [1.54, 1.807) is 11.0 Å². The SMILES string of the molecule is CCC(CC)NC(=O)C1CN(C(=O)C2CCC3(CC2)NC(=O)NC3=O)c2ccccc2O1. The fraction of sp³-hybridized carbons (Fsp3) is 0.565. The van der Waals surface area contributed by atoms with Crippen molar-refractivity contribution in [1.82, 2.24) is 16.0 Å². The fourth-order valence-electron chi connectivity index (χ4n) is 4.82. The molecule has 1 aliphatic carbocycles. The number of nitrogens with one attached hydrogen (secondary N) is 3. The minimum atomic E-state index is -0.908. The Hall–Kier alpha value is -3.10. The summed E-state index contributed by atoms with van der Waals surface area (Å²) < 4.78 is 5.95. The van der Waals surface area contributed by atoms with Crippen LogP contribution in [0, 0.1) is 5.92 Å². The molecule has 5 amide bonds. The van der Waals surface area contributed by atoms with E-state index in [0.29, 0.717) is 37.1 Å². The number of nitrogens with zero attached hydrogens (tertiary/aromatic N) is 1. The summed E-state index contributed by atoms with van der Waals surface area (Å²) in [5.41, 5.74) is -0.259. The Bertz CT molecular complexity index is 921. The first-order chi connectivity index (χ1) is 15.4. The molecule has 0 radical (unpaired) electrons. The molecule has 9 nitrogen and oxygen atoms in total. The van der Waals surface area contributed by atoms with Gasteiger partial charge >= 0.3 is 6.03 Å². The Balaban J connectivity index is 1.49. The molecule has 3 aliphatic rings. The number of carbonyl (C=O) groups excluding carboxylic acids is 4. The molecular formula is C23H30N4O5. The van der Waals surface area contributed by atoms with Gasteiger partial charge in [0.15, 0.2) is 6.10 Å². The van der Waals surface area contributed by atoms with Gasteiger partial charge in [-0.15, -0.1) is 0 Å². The Kier molecular flexibility index (Phi) is 6.08. The normalized spacial score (nSPS) is 26.9. The van der Waals surface area contributed by atoms with E-state index in [1.807, 2.05) is 32.0 Å². The molecule has 2 heterocycles. The van der Waals surface area contributed by atoms with Crippen LogP contribution in [0.4, 0.5) is 10.5 Å². The van der Waals surface area contributed by atoms with Crippen LogP contribution in [0.3, 0.4) is 0 Å². The maximum Gasteiger partial charge on any atom is 0.322 e. The molecule has 1 saturated heterocycles. The lowest BCUT2D eigenvalue weighted by Crippen LogP contribution is -2.55. The van der Waals surface area contributed by atoms with Gasteiger partial charge in [-0.25, -0.2) is 4.79 Å². The Morgan fingerprint density at radius 1 is 1.19 bits per heavy atom. The number of rotatable bonds is 5. The molecule has 1 aromatic carbocycles. The summed E-state index contributed by atoms with van der Waals surface area (Å²) in [4.78, 5) is 51.8. The maximum atomic E-state index is 13.5. The molecule has 1 unspecified atom stereocenters. The molecule has 1 aromatic rings. The van der Waals surface area contributed by atoms with Crippen LogP contribution in [-0.2, 0) is 14.4 Å². The van der Waals surface area contributed by atoms with E-state index in [0.717, 1.165) is 12.8 Å². The first-order valence-corrected chi connectivity index (χ1v) is 11.4.